The van der Waals surface area contributed by atoms with Crippen molar-refractivity contribution in [3.05, 3.63) is 65.5 Å². The molecule has 0 amide bonds. The molecule has 1 aromatic carbocycles. The van der Waals surface area contributed by atoms with Gasteiger partial charge in [0.05, 0.1) is 23.8 Å². The topological polar surface area (TPSA) is 106 Å². The normalized spacial score (nSPS) is 15.9. The van der Waals surface area contributed by atoms with Crippen LogP contribution in [0, 0.1) is 25.2 Å². The second kappa shape index (κ2) is 9.00. The van der Waals surface area contributed by atoms with Crippen molar-refractivity contribution < 1.29 is 0 Å². The van der Waals surface area contributed by atoms with E-state index < -0.39 is 0 Å². The lowest BCUT2D eigenvalue weighted by atomic mass is 9.97. The first kappa shape index (κ1) is 21.1. The quantitative estimate of drug-likeness (QED) is 0.438. The van der Waals surface area contributed by atoms with E-state index in [9.17, 15) is 5.26 Å². The summed E-state index contributed by atoms with van der Waals surface area (Å²) in [6.45, 7) is 5.70. The Hall–Kier alpha value is -3.77. The summed E-state index contributed by atoms with van der Waals surface area (Å²) in [7, 11) is 0. The molecule has 0 spiro atoms. The fourth-order valence-electron chi connectivity index (χ4n) is 4.07. The maximum Gasteiger partial charge on any atom is 0.183 e. The highest BCUT2D eigenvalue weighted by Gasteiger charge is 2.25. The van der Waals surface area contributed by atoms with Crippen LogP contribution in [-0.2, 0) is 0 Å². The van der Waals surface area contributed by atoms with Crippen LogP contribution in [0.2, 0.25) is 0 Å². The first-order valence-electron chi connectivity index (χ1n) is 10.9. The molecular weight excluding hydrogens is 432 g/mol. The molecule has 1 fully saturated rings. The Balaban J connectivity index is 1.35. The van der Waals surface area contributed by atoms with Crippen molar-refractivity contribution in [2.24, 2.45) is 0 Å². The number of nitrogens with one attached hydrogen (secondary N) is 2. The monoisotopic (exact) mass is 456 g/mol. The molecule has 33 heavy (non-hydrogen) atoms. The second-order valence-electron chi connectivity index (χ2n) is 8.33. The largest absolute Gasteiger partial charge is 0.355 e. The van der Waals surface area contributed by atoms with Crippen molar-refractivity contribution in [2.45, 2.75) is 32.6 Å². The molecule has 0 bridgehead atoms. The van der Waals surface area contributed by atoms with Crippen molar-refractivity contribution in [1.29, 1.82) is 5.26 Å². The van der Waals surface area contributed by atoms with Crippen LogP contribution in [0.4, 0.5) is 16.6 Å². The van der Waals surface area contributed by atoms with Gasteiger partial charge in [0, 0.05) is 19.0 Å². The SMILES string of the molecule is Cc1ccc(-c2cnc(C3CCCN(c4cnc(C#N)c(Nc5cc(C)ns5)n4)C3)[nH]2)cc1. The molecule has 1 aliphatic rings. The number of nitrogens with zero attached hydrogens (tertiary/aromatic N) is 6. The summed E-state index contributed by atoms with van der Waals surface area (Å²) in [5.74, 6) is 2.49. The van der Waals surface area contributed by atoms with E-state index in [0.717, 1.165) is 59.5 Å². The lowest BCUT2D eigenvalue weighted by molar-refractivity contribution is 0.491. The number of hydrogen-bond donors (Lipinski definition) is 2. The average molecular weight is 457 g/mol. The zero-order valence-corrected chi connectivity index (χ0v) is 19.4. The lowest BCUT2D eigenvalue weighted by Gasteiger charge is -2.32. The standard InChI is InChI=1S/C24H24N8S/c1-15-5-7-17(8-6-15)20-12-27-23(28-20)18-4-3-9-32(14-18)21-13-26-19(11-25)24(29-21)30-22-10-16(2)31-33-22/h5-8,10,12-13,18H,3-4,9,14H2,1-2H3,(H,27,28)(H,29,30). The van der Waals surface area contributed by atoms with E-state index in [2.05, 4.69) is 61.8 Å². The van der Waals surface area contributed by atoms with Gasteiger partial charge in [0.2, 0.25) is 0 Å². The molecule has 9 heteroatoms. The van der Waals surface area contributed by atoms with E-state index in [1.807, 2.05) is 19.2 Å². The van der Waals surface area contributed by atoms with Crippen LogP contribution in [0.5, 0.6) is 0 Å². The Morgan fingerprint density at radius 2 is 2.03 bits per heavy atom. The molecule has 4 aromatic rings. The summed E-state index contributed by atoms with van der Waals surface area (Å²) in [5.41, 5.74) is 4.61. The molecule has 8 nitrogen and oxygen atoms in total. The van der Waals surface area contributed by atoms with E-state index in [-0.39, 0.29) is 11.6 Å². The van der Waals surface area contributed by atoms with E-state index in [1.54, 1.807) is 6.20 Å². The minimum absolute atomic E-state index is 0.270. The van der Waals surface area contributed by atoms with Crippen molar-refractivity contribution in [3.63, 3.8) is 0 Å². The minimum Gasteiger partial charge on any atom is -0.355 e. The smallest absolute Gasteiger partial charge is 0.183 e. The molecule has 1 unspecified atom stereocenters. The number of aromatic amines is 1. The molecule has 4 heterocycles. The van der Waals surface area contributed by atoms with E-state index >= 15 is 0 Å². The average Bonchev–Trinajstić information content (AvgIpc) is 3.49. The summed E-state index contributed by atoms with van der Waals surface area (Å²) < 4.78 is 4.28. The van der Waals surface area contributed by atoms with Crippen LogP contribution in [0.1, 0.15) is 41.5 Å². The highest BCUT2D eigenvalue weighted by atomic mass is 32.1. The van der Waals surface area contributed by atoms with Gasteiger partial charge in [0.25, 0.3) is 0 Å². The van der Waals surface area contributed by atoms with Gasteiger partial charge in [-0.2, -0.15) is 9.64 Å². The molecule has 2 N–H and O–H groups in total. The van der Waals surface area contributed by atoms with Gasteiger partial charge in [-0.15, -0.1) is 0 Å². The number of rotatable bonds is 5. The molecule has 1 aliphatic heterocycles. The fraction of sp³-hybridized carbons (Fsp3) is 0.292. The third-order valence-corrected chi connectivity index (χ3v) is 6.62. The number of nitriles is 1. The molecule has 0 saturated carbocycles. The number of piperidine rings is 1. The van der Waals surface area contributed by atoms with Crippen molar-refractivity contribution in [3.8, 4) is 17.3 Å². The zero-order chi connectivity index (χ0) is 22.8. The number of H-pyrrole nitrogens is 1. The molecule has 3 aromatic heterocycles. The Labute approximate surface area is 196 Å². The Bertz CT molecular complexity index is 1300. The fourth-order valence-corrected chi connectivity index (χ4v) is 4.73. The third kappa shape index (κ3) is 4.56. The second-order valence-corrected chi connectivity index (χ2v) is 9.13. The summed E-state index contributed by atoms with van der Waals surface area (Å²) >= 11 is 1.34. The maximum atomic E-state index is 9.47. The molecule has 5 rings (SSSR count). The predicted octanol–water partition coefficient (Wildman–Crippen LogP) is 4.94. The number of aryl methyl sites for hydroxylation is 2. The Morgan fingerprint density at radius 1 is 1.18 bits per heavy atom. The van der Waals surface area contributed by atoms with Gasteiger partial charge in [-0.05, 0) is 49.9 Å². The summed E-state index contributed by atoms with van der Waals surface area (Å²) in [6, 6.07) is 12.5. The maximum absolute atomic E-state index is 9.47. The van der Waals surface area contributed by atoms with Crippen molar-refractivity contribution >= 4 is 28.2 Å². The van der Waals surface area contributed by atoms with Crippen LogP contribution >= 0.6 is 11.5 Å². The zero-order valence-electron chi connectivity index (χ0n) is 18.5. The number of hydrogen-bond acceptors (Lipinski definition) is 8. The molecule has 1 saturated heterocycles. The van der Waals surface area contributed by atoms with Gasteiger partial charge in [0.15, 0.2) is 11.5 Å². The van der Waals surface area contributed by atoms with Gasteiger partial charge in [0.1, 0.15) is 22.7 Å². The van der Waals surface area contributed by atoms with Crippen LogP contribution in [-0.4, -0.2) is 37.4 Å². The Kier molecular flexibility index (Phi) is 5.75. The first-order valence-corrected chi connectivity index (χ1v) is 11.7. The van der Waals surface area contributed by atoms with E-state index in [4.69, 9.17) is 9.97 Å². The number of imidazole rings is 1. The van der Waals surface area contributed by atoms with Gasteiger partial charge in [-0.3, -0.25) is 0 Å². The lowest BCUT2D eigenvalue weighted by Crippen LogP contribution is -2.35. The highest BCUT2D eigenvalue weighted by Crippen LogP contribution is 2.30. The number of benzene rings is 1. The first-order chi connectivity index (χ1) is 16.1. The van der Waals surface area contributed by atoms with Gasteiger partial charge in [-0.1, -0.05) is 29.8 Å². The summed E-state index contributed by atoms with van der Waals surface area (Å²) in [6.07, 6.45) is 5.69. The number of aromatic nitrogens is 5. The van der Waals surface area contributed by atoms with Crippen LogP contribution < -0.4 is 10.2 Å². The van der Waals surface area contributed by atoms with Gasteiger partial charge < -0.3 is 15.2 Å². The van der Waals surface area contributed by atoms with Crippen LogP contribution in [0.3, 0.4) is 0 Å². The molecular formula is C24H24N8S. The predicted molar refractivity (Wildman–Crippen MR) is 130 cm³/mol. The van der Waals surface area contributed by atoms with E-state index in [0.29, 0.717) is 5.82 Å². The van der Waals surface area contributed by atoms with Gasteiger partial charge >= 0.3 is 0 Å². The number of anilines is 3. The van der Waals surface area contributed by atoms with Gasteiger partial charge in [-0.25, -0.2) is 15.0 Å². The van der Waals surface area contributed by atoms with Crippen molar-refractivity contribution in [1.82, 2.24) is 24.3 Å². The van der Waals surface area contributed by atoms with E-state index in [1.165, 1.54) is 17.1 Å². The molecule has 1 atom stereocenters. The molecule has 0 aliphatic carbocycles. The summed E-state index contributed by atoms with van der Waals surface area (Å²) in [5, 5.41) is 13.5. The summed E-state index contributed by atoms with van der Waals surface area (Å²) in [4.78, 5) is 19.5. The minimum atomic E-state index is 0.270. The molecule has 166 valence electrons. The van der Waals surface area contributed by atoms with Crippen molar-refractivity contribution in [2.75, 3.05) is 23.3 Å². The highest BCUT2D eigenvalue weighted by molar-refractivity contribution is 7.10. The molecule has 0 radical (unpaired) electrons. The Morgan fingerprint density at radius 3 is 2.79 bits per heavy atom. The third-order valence-electron chi connectivity index (χ3n) is 5.83. The van der Waals surface area contributed by atoms with Crippen LogP contribution in [0.15, 0.2) is 42.7 Å². The van der Waals surface area contributed by atoms with Crippen LogP contribution in [0.25, 0.3) is 11.3 Å².